The first-order valence-electron chi connectivity index (χ1n) is 5.27. The highest BCUT2D eigenvalue weighted by Crippen LogP contribution is 2.26. The van der Waals surface area contributed by atoms with Crippen molar-refractivity contribution in [2.75, 3.05) is 0 Å². The largest absolute Gasteiger partial charge is 0.424 e. The van der Waals surface area contributed by atoms with Crippen LogP contribution in [0.4, 0.5) is 0 Å². The van der Waals surface area contributed by atoms with E-state index in [1.165, 1.54) is 11.3 Å². The van der Waals surface area contributed by atoms with Crippen LogP contribution in [-0.4, -0.2) is 14.9 Å². The predicted molar refractivity (Wildman–Crippen MR) is 64.5 cm³/mol. The van der Waals surface area contributed by atoms with Crippen LogP contribution in [0.5, 0.6) is 0 Å². The van der Waals surface area contributed by atoms with Crippen LogP contribution in [0.1, 0.15) is 29.6 Å². The number of fused-ring (bicyclic) bond motifs is 1. The van der Waals surface area contributed by atoms with Gasteiger partial charge in [-0.2, -0.15) is 0 Å². The van der Waals surface area contributed by atoms with Crippen LogP contribution in [0.25, 0.3) is 10.2 Å². The molecule has 0 saturated heterocycles. The Morgan fingerprint density at radius 2 is 2.12 bits per heavy atom. The summed E-state index contributed by atoms with van der Waals surface area (Å²) in [4.78, 5) is 18.1. The predicted octanol–water partition coefficient (Wildman–Crippen LogP) is 2.26. The van der Waals surface area contributed by atoms with Crippen LogP contribution in [0, 0.1) is 13.8 Å². The van der Waals surface area contributed by atoms with Crippen molar-refractivity contribution in [3.05, 3.63) is 26.6 Å². The van der Waals surface area contributed by atoms with E-state index in [1.54, 1.807) is 0 Å². The fraction of sp³-hybridized carbons (Fsp3) is 0.455. The summed E-state index contributed by atoms with van der Waals surface area (Å²) in [6.45, 7) is 5.83. The van der Waals surface area contributed by atoms with Gasteiger partial charge in [-0.15, -0.1) is 16.1 Å². The van der Waals surface area contributed by atoms with Crippen molar-refractivity contribution in [3.63, 3.8) is 0 Å². The van der Waals surface area contributed by atoms with Crippen molar-refractivity contribution in [1.82, 2.24) is 9.71 Å². The molecule has 0 aliphatic rings. The number of aryl methyl sites for hydroxylation is 3. The average molecular weight is 238 g/mol. The SMILES string of the molecule is CCCc1nc2sc(C)c(C)c2c(=O)n1O. The summed E-state index contributed by atoms with van der Waals surface area (Å²) in [6.07, 6.45) is 1.46. The molecule has 0 radical (unpaired) electrons. The maximum atomic E-state index is 11.9. The van der Waals surface area contributed by atoms with Crippen molar-refractivity contribution in [2.24, 2.45) is 0 Å². The Kier molecular flexibility index (Phi) is 2.71. The summed E-state index contributed by atoms with van der Waals surface area (Å²) >= 11 is 1.51. The maximum Gasteiger partial charge on any atom is 0.295 e. The van der Waals surface area contributed by atoms with Crippen LogP contribution < -0.4 is 5.56 Å². The average Bonchev–Trinajstić information content (AvgIpc) is 2.51. The molecule has 2 rings (SSSR count). The number of rotatable bonds is 2. The fourth-order valence-electron chi connectivity index (χ4n) is 1.71. The van der Waals surface area contributed by atoms with Gasteiger partial charge in [0.15, 0.2) is 5.82 Å². The third-order valence-electron chi connectivity index (χ3n) is 2.72. The van der Waals surface area contributed by atoms with Gasteiger partial charge < -0.3 is 5.21 Å². The Hall–Kier alpha value is -1.36. The standard InChI is InChI=1S/C11H14N2O2S/c1-4-5-8-12-10-9(11(14)13(8)15)6(2)7(3)16-10/h15H,4-5H2,1-3H3. The first-order chi connectivity index (χ1) is 7.56. The van der Waals surface area contributed by atoms with Gasteiger partial charge >= 0.3 is 0 Å². The minimum atomic E-state index is -0.352. The van der Waals surface area contributed by atoms with Crippen molar-refractivity contribution in [1.29, 1.82) is 0 Å². The highest BCUT2D eigenvalue weighted by atomic mass is 32.1. The third-order valence-corrected chi connectivity index (χ3v) is 3.82. The fourth-order valence-corrected chi connectivity index (χ4v) is 2.75. The molecule has 0 spiro atoms. The van der Waals surface area contributed by atoms with Gasteiger partial charge in [-0.05, 0) is 25.8 Å². The quantitative estimate of drug-likeness (QED) is 0.816. The van der Waals surface area contributed by atoms with Crippen molar-refractivity contribution in [3.8, 4) is 0 Å². The van der Waals surface area contributed by atoms with Gasteiger partial charge in [-0.25, -0.2) is 4.98 Å². The van der Waals surface area contributed by atoms with E-state index in [9.17, 15) is 10.0 Å². The van der Waals surface area contributed by atoms with Crippen LogP contribution in [0.2, 0.25) is 0 Å². The Labute approximate surface area is 97.1 Å². The van der Waals surface area contributed by atoms with Crippen molar-refractivity contribution < 1.29 is 5.21 Å². The molecule has 2 aromatic rings. The zero-order valence-electron chi connectivity index (χ0n) is 9.57. The van der Waals surface area contributed by atoms with E-state index >= 15 is 0 Å². The van der Waals surface area contributed by atoms with E-state index in [4.69, 9.17) is 0 Å². The lowest BCUT2D eigenvalue weighted by Crippen LogP contribution is -2.23. The Balaban J connectivity index is 2.83. The topological polar surface area (TPSA) is 55.1 Å². The summed E-state index contributed by atoms with van der Waals surface area (Å²) in [5, 5.41) is 10.3. The van der Waals surface area contributed by atoms with Crippen LogP contribution in [0.3, 0.4) is 0 Å². The van der Waals surface area contributed by atoms with Gasteiger partial charge in [-0.3, -0.25) is 4.79 Å². The first kappa shape index (κ1) is 11.1. The molecule has 0 bridgehead atoms. The van der Waals surface area contributed by atoms with Gasteiger partial charge in [0, 0.05) is 11.3 Å². The second kappa shape index (κ2) is 3.90. The third kappa shape index (κ3) is 1.51. The molecule has 2 heterocycles. The molecule has 0 atom stereocenters. The monoisotopic (exact) mass is 238 g/mol. The van der Waals surface area contributed by atoms with Crippen molar-refractivity contribution in [2.45, 2.75) is 33.6 Å². The molecule has 1 N–H and O–H groups in total. The van der Waals surface area contributed by atoms with E-state index in [0.717, 1.165) is 21.7 Å². The number of nitrogens with zero attached hydrogens (tertiary/aromatic N) is 2. The van der Waals surface area contributed by atoms with E-state index in [0.29, 0.717) is 22.4 Å². The van der Waals surface area contributed by atoms with Crippen LogP contribution in [0.15, 0.2) is 4.79 Å². The second-order valence-corrected chi connectivity index (χ2v) is 5.06. The number of aromatic nitrogens is 2. The van der Waals surface area contributed by atoms with Crippen molar-refractivity contribution >= 4 is 21.6 Å². The number of hydrogen-bond acceptors (Lipinski definition) is 4. The first-order valence-corrected chi connectivity index (χ1v) is 6.08. The van der Waals surface area contributed by atoms with Crippen LogP contribution in [-0.2, 0) is 6.42 Å². The number of hydrogen-bond donors (Lipinski definition) is 1. The summed E-state index contributed by atoms with van der Waals surface area (Å²) in [7, 11) is 0. The molecule has 0 unspecified atom stereocenters. The van der Waals surface area contributed by atoms with E-state index in [1.807, 2.05) is 20.8 Å². The highest BCUT2D eigenvalue weighted by Gasteiger charge is 2.15. The van der Waals surface area contributed by atoms with E-state index in [-0.39, 0.29) is 5.56 Å². The molecule has 0 aliphatic carbocycles. The summed E-state index contributed by atoms with van der Waals surface area (Å²) < 4.78 is 0.686. The normalized spacial score (nSPS) is 11.2. The maximum absolute atomic E-state index is 11.9. The smallest absolute Gasteiger partial charge is 0.295 e. The summed E-state index contributed by atoms with van der Waals surface area (Å²) in [6, 6.07) is 0. The molecular weight excluding hydrogens is 224 g/mol. The molecule has 0 saturated carbocycles. The molecule has 0 aliphatic heterocycles. The minimum Gasteiger partial charge on any atom is -0.424 e. The zero-order chi connectivity index (χ0) is 11.9. The molecule has 86 valence electrons. The van der Waals surface area contributed by atoms with Gasteiger partial charge in [0.1, 0.15) is 4.83 Å². The lowest BCUT2D eigenvalue weighted by Gasteiger charge is -2.04. The van der Waals surface area contributed by atoms with Crippen LogP contribution >= 0.6 is 11.3 Å². The van der Waals surface area contributed by atoms with E-state index in [2.05, 4.69) is 4.98 Å². The molecule has 5 heteroatoms. The van der Waals surface area contributed by atoms with Gasteiger partial charge in [0.2, 0.25) is 0 Å². The lowest BCUT2D eigenvalue weighted by molar-refractivity contribution is 0.162. The summed E-state index contributed by atoms with van der Waals surface area (Å²) in [5.74, 6) is 0.446. The second-order valence-electron chi connectivity index (χ2n) is 3.86. The molecule has 0 fully saturated rings. The number of thiophene rings is 1. The molecular formula is C11H14N2O2S. The molecule has 2 aromatic heterocycles. The van der Waals surface area contributed by atoms with Gasteiger partial charge in [-0.1, -0.05) is 6.92 Å². The Bertz CT molecular complexity index is 598. The Morgan fingerprint density at radius 1 is 1.44 bits per heavy atom. The van der Waals surface area contributed by atoms with E-state index < -0.39 is 0 Å². The van der Waals surface area contributed by atoms with Gasteiger partial charge in [0.25, 0.3) is 5.56 Å². The van der Waals surface area contributed by atoms with Gasteiger partial charge in [0.05, 0.1) is 5.39 Å². The lowest BCUT2D eigenvalue weighted by atomic mass is 10.2. The molecule has 16 heavy (non-hydrogen) atoms. The highest BCUT2D eigenvalue weighted by molar-refractivity contribution is 7.18. The molecule has 0 aromatic carbocycles. The molecule has 4 nitrogen and oxygen atoms in total. The minimum absolute atomic E-state index is 0.352. The summed E-state index contributed by atoms with van der Waals surface area (Å²) in [5.41, 5.74) is 0.568. The Morgan fingerprint density at radius 3 is 2.75 bits per heavy atom. The molecule has 0 amide bonds. The zero-order valence-corrected chi connectivity index (χ0v) is 10.4.